The summed E-state index contributed by atoms with van der Waals surface area (Å²) in [6, 6.07) is 0. The van der Waals surface area contributed by atoms with Crippen LogP contribution in [0.15, 0.2) is 0 Å². The normalized spacial score (nSPS) is 12.2. The first kappa shape index (κ1) is 16.4. The highest BCUT2D eigenvalue weighted by Gasteiger charge is 2.23. The van der Waals surface area contributed by atoms with Gasteiger partial charge in [0.05, 0.1) is 12.3 Å². The van der Waals surface area contributed by atoms with Crippen molar-refractivity contribution in [3.8, 4) is 0 Å². The second-order valence-corrected chi connectivity index (χ2v) is 4.38. The minimum atomic E-state index is -1.08. The molecular weight excluding hydrogens is 262 g/mol. The Kier molecular flexibility index (Phi) is 5.91. The van der Waals surface area contributed by atoms with E-state index in [1.54, 1.807) is 27.7 Å². The number of aliphatic hydroxyl groups excluding tert-OH is 1. The number of hydrogen-bond acceptors (Lipinski definition) is 5. The molecule has 0 aliphatic carbocycles. The molecular formula is C14H21NO5. The molecule has 2 N–H and O–H groups in total. The van der Waals surface area contributed by atoms with E-state index < -0.39 is 12.3 Å². The smallest absolute Gasteiger partial charge is 0.313 e. The van der Waals surface area contributed by atoms with Gasteiger partial charge in [0.15, 0.2) is 12.1 Å². The molecule has 0 amide bonds. The number of ketones is 1. The molecule has 1 aromatic heterocycles. The molecule has 112 valence electrons. The highest BCUT2D eigenvalue weighted by molar-refractivity contribution is 6.06. The standard InChI is InChI=1S/C14H21NO5/c1-5-19-11(17)7-10(16)13-8(3)12(9(4)15-13)14(18)20-6-2/h14-15,18H,5-7H2,1-4H3. The Morgan fingerprint density at radius 1 is 1.25 bits per heavy atom. The number of aliphatic hydroxyl groups is 1. The van der Waals surface area contributed by atoms with Crippen LogP contribution in [-0.4, -0.2) is 35.1 Å². The van der Waals surface area contributed by atoms with E-state index in [0.29, 0.717) is 29.1 Å². The van der Waals surface area contributed by atoms with Gasteiger partial charge in [-0.15, -0.1) is 0 Å². The van der Waals surface area contributed by atoms with Crippen molar-refractivity contribution in [2.24, 2.45) is 0 Å². The lowest BCUT2D eigenvalue weighted by Gasteiger charge is -2.11. The van der Waals surface area contributed by atoms with E-state index in [9.17, 15) is 14.7 Å². The highest BCUT2D eigenvalue weighted by atomic mass is 16.6. The Labute approximate surface area is 118 Å². The summed E-state index contributed by atoms with van der Waals surface area (Å²) >= 11 is 0. The van der Waals surface area contributed by atoms with Crippen LogP contribution in [0, 0.1) is 13.8 Å². The molecule has 0 aliphatic heterocycles. The number of aryl methyl sites for hydroxylation is 1. The number of hydrogen-bond donors (Lipinski definition) is 2. The van der Waals surface area contributed by atoms with E-state index in [-0.39, 0.29) is 18.8 Å². The molecule has 0 saturated heterocycles. The number of nitrogens with one attached hydrogen (secondary N) is 1. The number of esters is 1. The van der Waals surface area contributed by atoms with E-state index in [1.165, 1.54) is 0 Å². The first-order valence-corrected chi connectivity index (χ1v) is 6.59. The van der Waals surface area contributed by atoms with Crippen LogP contribution >= 0.6 is 0 Å². The monoisotopic (exact) mass is 283 g/mol. The quantitative estimate of drug-likeness (QED) is 0.345. The minimum Gasteiger partial charge on any atom is -0.466 e. The number of carbonyl (C=O) groups is 2. The van der Waals surface area contributed by atoms with Gasteiger partial charge in [-0.3, -0.25) is 9.59 Å². The number of H-pyrrole nitrogens is 1. The van der Waals surface area contributed by atoms with Crippen molar-refractivity contribution in [1.82, 2.24) is 4.98 Å². The van der Waals surface area contributed by atoms with Crippen molar-refractivity contribution in [2.75, 3.05) is 13.2 Å². The highest BCUT2D eigenvalue weighted by Crippen LogP contribution is 2.26. The summed E-state index contributed by atoms with van der Waals surface area (Å²) in [6.45, 7) is 7.50. The Hall–Kier alpha value is -1.66. The summed E-state index contributed by atoms with van der Waals surface area (Å²) in [7, 11) is 0. The minimum absolute atomic E-state index is 0.239. The molecule has 20 heavy (non-hydrogen) atoms. The van der Waals surface area contributed by atoms with Crippen LogP contribution in [0.5, 0.6) is 0 Å². The van der Waals surface area contributed by atoms with Gasteiger partial charge >= 0.3 is 5.97 Å². The van der Waals surface area contributed by atoms with E-state index in [4.69, 9.17) is 9.47 Å². The van der Waals surface area contributed by atoms with Crippen molar-refractivity contribution in [1.29, 1.82) is 0 Å². The molecule has 0 radical (unpaired) electrons. The van der Waals surface area contributed by atoms with E-state index in [2.05, 4.69) is 4.98 Å². The fourth-order valence-corrected chi connectivity index (χ4v) is 2.09. The largest absolute Gasteiger partial charge is 0.466 e. The van der Waals surface area contributed by atoms with Gasteiger partial charge in [0.1, 0.15) is 6.42 Å². The van der Waals surface area contributed by atoms with E-state index in [0.717, 1.165) is 0 Å². The van der Waals surface area contributed by atoms with Crippen LogP contribution in [0.1, 0.15) is 53.9 Å². The van der Waals surface area contributed by atoms with Crippen molar-refractivity contribution in [3.63, 3.8) is 0 Å². The van der Waals surface area contributed by atoms with Crippen LogP contribution in [0.2, 0.25) is 0 Å². The Bertz CT molecular complexity index is 492. The SMILES string of the molecule is CCOC(=O)CC(=O)c1[nH]c(C)c(C(O)OCC)c1C. The number of rotatable bonds is 7. The first-order chi connectivity index (χ1) is 9.42. The second-order valence-electron chi connectivity index (χ2n) is 4.38. The number of aromatic amines is 1. The molecule has 0 spiro atoms. The Balaban J connectivity index is 2.95. The van der Waals surface area contributed by atoms with Crippen molar-refractivity contribution in [2.45, 2.75) is 40.4 Å². The molecule has 0 bridgehead atoms. The van der Waals surface area contributed by atoms with Gasteiger partial charge in [0, 0.05) is 17.9 Å². The van der Waals surface area contributed by atoms with Crippen LogP contribution in [0.3, 0.4) is 0 Å². The number of aromatic nitrogens is 1. The molecule has 0 aromatic carbocycles. The Morgan fingerprint density at radius 2 is 1.90 bits per heavy atom. The fraction of sp³-hybridized carbons (Fsp3) is 0.571. The lowest BCUT2D eigenvalue weighted by molar-refractivity contribution is -0.141. The summed E-state index contributed by atoms with van der Waals surface area (Å²) in [5.74, 6) is -0.921. The number of carbonyl (C=O) groups excluding carboxylic acids is 2. The fourth-order valence-electron chi connectivity index (χ4n) is 2.09. The van der Waals surface area contributed by atoms with Crippen LogP contribution < -0.4 is 0 Å². The molecule has 1 atom stereocenters. The molecule has 0 aliphatic rings. The summed E-state index contributed by atoms with van der Waals surface area (Å²) in [4.78, 5) is 26.3. The Morgan fingerprint density at radius 3 is 2.45 bits per heavy atom. The molecule has 1 aromatic rings. The zero-order chi connectivity index (χ0) is 15.3. The predicted molar refractivity (Wildman–Crippen MR) is 72.4 cm³/mol. The van der Waals surface area contributed by atoms with Crippen LogP contribution in [0.4, 0.5) is 0 Å². The van der Waals surface area contributed by atoms with Gasteiger partial charge in [-0.2, -0.15) is 0 Å². The van der Waals surface area contributed by atoms with Gasteiger partial charge < -0.3 is 19.6 Å². The van der Waals surface area contributed by atoms with Gasteiger partial charge in [0.25, 0.3) is 0 Å². The van der Waals surface area contributed by atoms with E-state index in [1.807, 2.05) is 0 Å². The third-order valence-electron chi connectivity index (χ3n) is 2.96. The average Bonchev–Trinajstić information content (AvgIpc) is 2.65. The van der Waals surface area contributed by atoms with Crippen LogP contribution in [-0.2, 0) is 14.3 Å². The zero-order valence-corrected chi connectivity index (χ0v) is 12.3. The zero-order valence-electron chi connectivity index (χ0n) is 12.3. The molecule has 6 heteroatoms. The molecule has 0 saturated carbocycles. The van der Waals surface area contributed by atoms with E-state index >= 15 is 0 Å². The van der Waals surface area contributed by atoms with Crippen LogP contribution in [0.25, 0.3) is 0 Å². The number of ether oxygens (including phenoxy) is 2. The summed E-state index contributed by atoms with van der Waals surface area (Å²) in [5.41, 5.74) is 2.09. The molecule has 0 fully saturated rings. The molecule has 1 heterocycles. The van der Waals surface area contributed by atoms with Gasteiger partial charge in [-0.25, -0.2) is 0 Å². The van der Waals surface area contributed by atoms with Gasteiger partial charge in [-0.1, -0.05) is 0 Å². The van der Waals surface area contributed by atoms with Crippen molar-refractivity contribution < 1.29 is 24.2 Å². The molecule has 1 rings (SSSR count). The maximum Gasteiger partial charge on any atom is 0.313 e. The van der Waals surface area contributed by atoms with Crippen molar-refractivity contribution in [3.05, 3.63) is 22.5 Å². The third kappa shape index (κ3) is 3.68. The topological polar surface area (TPSA) is 88.6 Å². The summed E-state index contributed by atoms with van der Waals surface area (Å²) < 4.78 is 9.88. The lowest BCUT2D eigenvalue weighted by atomic mass is 10.1. The number of Topliss-reactive ketones (excluding diaryl/α,β-unsaturated/α-hetero) is 1. The van der Waals surface area contributed by atoms with Gasteiger partial charge in [-0.05, 0) is 33.3 Å². The average molecular weight is 283 g/mol. The third-order valence-corrected chi connectivity index (χ3v) is 2.96. The van der Waals surface area contributed by atoms with Crippen molar-refractivity contribution >= 4 is 11.8 Å². The summed E-state index contributed by atoms with van der Waals surface area (Å²) in [5, 5.41) is 9.90. The van der Waals surface area contributed by atoms with Gasteiger partial charge in [0.2, 0.25) is 0 Å². The molecule has 1 unspecified atom stereocenters. The lowest BCUT2D eigenvalue weighted by Crippen LogP contribution is -2.12. The molecule has 6 nitrogen and oxygen atoms in total. The maximum atomic E-state index is 12.0. The summed E-state index contributed by atoms with van der Waals surface area (Å²) in [6.07, 6.45) is -1.40. The second kappa shape index (κ2) is 7.21. The predicted octanol–water partition coefficient (Wildman–Crippen LogP) is 1.79. The maximum absolute atomic E-state index is 12.0. The first-order valence-electron chi connectivity index (χ1n) is 6.59.